The molecule has 2 amide bonds. The molecule has 1 fully saturated rings. The molecule has 0 atom stereocenters. The van der Waals surface area contributed by atoms with Crippen molar-refractivity contribution < 1.29 is 14.0 Å². The molecule has 2 N–H and O–H groups in total. The highest BCUT2D eigenvalue weighted by molar-refractivity contribution is 5.97. The number of amides is 2. The number of urea groups is 1. The Balaban J connectivity index is 1.78. The SMILES string of the molecule is CN(CC1CCN(CC(=O)c2ccc(F)cc2)CC1)C(N)=O. The van der Waals surface area contributed by atoms with E-state index in [-0.39, 0.29) is 11.6 Å². The van der Waals surface area contributed by atoms with E-state index in [1.165, 1.54) is 29.2 Å². The number of carbonyl (C=O) groups is 2. The Morgan fingerprint density at radius 1 is 1.27 bits per heavy atom. The van der Waals surface area contributed by atoms with Gasteiger partial charge in [0.05, 0.1) is 6.54 Å². The lowest BCUT2D eigenvalue weighted by atomic mass is 9.96. The van der Waals surface area contributed by atoms with Crippen LogP contribution in [0.2, 0.25) is 0 Å². The number of carbonyl (C=O) groups excluding carboxylic acids is 2. The van der Waals surface area contributed by atoms with Gasteiger partial charge in [-0.1, -0.05) is 0 Å². The van der Waals surface area contributed by atoms with Gasteiger partial charge < -0.3 is 10.6 Å². The van der Waals surface area contributed by atoms with Gasteiger partial charge in [0.15, 0.2) is 5.78 Å². The highest BCUT2D eigenvalue weighted by atomic mass is 19.1. The fraction of sp³-hybridized carbons (Fsp3) is 0.500. The van der Waals surface area contributed by atoms with Gasteiger partial charge in [-0.25, -0.2) is 9.18 Å². The first-order valence-corrected chi connectivity index (χ1v) is 7.47. The molecule has 1 aromatic carbocycles. The molecule has 2 rings (SSSR count). The minimum absolute atomic E-state index is 0.00713. The van der Waals surface area contributed by atoms with Gasteiger partial charge in [0.1, 0.15) is 5.82 Å². The molecule has 6 heteroatoms. The van der Waals surface area contributed by atoms with Crippen molar-refractivity contribution in [1.82, 2.24) is 9.80 Å². The maximum absolute atomic E-state index is 12.9. The Kier molecular flexibility index (Phi) is 5.49. The van der Waals surface area contributed by atoms with Crippen LogP contribution in [0.5, 0.6) is 0 Å². The molecule has 0 saturated carbocycles. The van der Waals surface area contributed by atoms with Crippen LogP contribution in [0.1, 0.15) is 23.2 Å². The second-order valence-corrected chi connectivity index (χ2v) is 5.87. The first kappa shape index (κ1) is 16.4. The summed E-state index contributed by atoms with van der Waals surface area (Å²) in [6.45, 7) is 2.66. The van der Waals surface area contributed by atoms with E-state index in [0.717, 1.165) is 25.9 Å². The third-order valence-electron chi connectivity index (χ3n) is 4.15. The van der Waals surface area contributed by atoms with Crippen LogP contribution in [0.3, 0.4) is 0 Å². The summed E-state index contributed by atoms with van der Waals surface area (Å²) in [5.41, 5.74) is 5.77. The van der Waals surface area contributed by atoms with Crippen molar-refractivity contribution in [2.75, 3.05) is 33.2 Å². The van der Waals surface area contributed by atoms with Gasteiger partial charge in [0.25, 0.3) is 0 Å². The standard InChI is InChI=1S/C16H22FN3O2/c1-19(16(18)22)10-12-6-8-20(9-7-12)11-15(21)13-2-4-14(17)5-3-13/h2-5,12H,6-11H2,1H3,(H2,18,22). The van der Waals surface area contributed by atoms with E-state index in [1.54, 1.807) is 7.05 Å². The van der Waals surface area contributed by atoms with Crippen molar-refractivity contribution >= 4 is 11.8 Å². The van der Waals surface area contributed by atoms with E-state index in [4.69, 9.17) is 5.73 Å². The van der Waals surface area contributed by atoms with E-state index in [0.29, 0.717) is 24.6 Å². The van der Waals surface area contributed by atoms with Crippen LogP contribution in [-0.4, -0.2) is 54.8 Å². The fourth-order valence-electron chi connectivity index (χ4n) is 2.73. The number of likely N-dealkylation sites (tertiary alicyclic amines) is 1. The number of Topliss-reactive ketones (excluding diaryl/α,β-unsaturated/α-hetero) is 1. The van der Waals surface area contributed by atoms with Crippen molar-refractivity contribution in [3.05, 3.63) is 35.6 Å². The molecular weight excluding hydrogens is 285 g/mol. The molecule has 0 spiro atoms. The minimum atomic E-state index is -0.408. The summed E-state index contributed by atoms with van der Waals surface area (Å²) in [4.78, 5) is 26.8. The zero-order chi connectivity index (χ0) is 16.1. The van der Waals surface area contributed by atoms with Crippen molar-refractivity contribution in [2.45, 2.75) is 12.8 Å². The lowest BCUT2D eigenvalue weighted by molar-refractivity contribution is 0.0887. The number of hydrogen-bond donors (Lipinski definition) is 1. The Morgan fingerprint density at radius 2 is 1.86 bits per heavy atom. The molecule has 5 nitrogen and oxygen atoms in total. The molecule has 0 aromatic heterocycles. The summed E-state index contributed by atoms with van der Waals surface area (Å²) in [5, 5.41) is 0. The van der Waals surface area contributed by atoms with E-state index in [9.17, 15) is 14.0 Å². The average molecular weight is 307 g/mol. The first-order chi connectivity index (χ1) is 10.5. The zero-order valence-electron chi connectivity index (χ0n) is 12.8. The fourth-order valence-corrected chi connectivity index (χ4v) is 2.73. The number of rotatable bonds is 5. The van der Waals surface area contributed by atoms with Crippen molar-refractivity contribution in [1.29, 1.82) is 0 Å². The average Bonchev–Trinajstić information content (AvgIpc) is 2.49. The molecular formula is C16H22FN3O2. The summed E-state index contributed by atoms with van der Waals surface area (Å²) >= 11 is 0. The Labute approximate surface area is 129 Å². The number of nitrogens with zero attached hydrogens (tertiary/aromatic N) is 2. The summed E-state index contributed by atoms with van der Waals surface area (Å²) in [6, 6.07) is 5.24. The summed E-state index contributed by atoms with van der Waals surface area (Å²) in [5.74, 6) is 0.0957. The smallest absolute Gasteiger partial charge is 0.314 e. The summed E-state index contributed by atoms with van der Waals surface area (Å²) in [6.07, 6.45) is 1.88. The predicted molar refractivity (Wildman–Crippen MR) is 82.1 cm³/mol. The quantitative estimate of drug-likeness (QED) is 0.843. The van der Waals surface area contributed by atoms with E-state index in [1.807, 2.05) is 0 Å². The van der Waals surface area contributed by atoms with E-state index < -0.39 is 6.03 Å². The largest absolute Gasteiger partial charge is 0.351 e. The molecule has 0 bridgehead atoms. The number of benzene rings is 1. The van der Waals surface area contributed by atoms with Gasteiger partial charge in [0, 0.05) is 19.2 Å². The van der Waals surface area contributed by atoms with Gasteiger partial charge in [-0.15, -0.1) is 0 Å². The Hall–Kier alpha value is -1.95. The van der Waals surface area contributed by atoms with Crippen LogP contribution in [-0.2, 0) is 0 Å². The van der Waals surface area contributed by atoms with Crippen LogP contribution < -0.4 is 5.73 Å². The molecule has 1 heterocycles. The number of nitrogens with two attached hydrogens (primary N) is 1. The highest BCUT2D eigenvalue weighted by Gasteiger charge is 2.22. The number of piperidine rings is 1. The van der Waals surface area contributed by atoms with Crippen molar-refractivity contribution in [2.24, 2.45) is 11.7 Å². The van der Waals surface area contributed by atoms with Gasteiger partial charge in [-0.3, -0.25) is 9.69 Å². The zero-order valence-corrected chi connectivity index (χ0v) is 12.8. The second kappa shape index (κ2) is 7.35. The lowest BCUT2D eigenvalue weighted by Gasteiger charge is -2.33. The maximum atomic E-state index is 12.9. The van der Waals surface area contributed by atoms with Crippen molar-refractivity contribution in [3.8, 4) is 0 Å². The second-order valence-electron chi connectivity index (χ2n) is 5.87. The molecule has 22 heavy (non-hydrogen) atoms. The van der Waals surface area contributed by atoms with Gasteiger partial charge in [-0.05, 0) is 56.1 Å². The number of ketones is 1. The molecule has 1 aliphatic heterocycles. The van der Waals surface area contributed by atoms with Crippen LogP contribution in [0.15, 0.2) is 24.3 Å². The molecule has 120 valence electrons. The first-order valence-electron chi connectivity index (χ1n) is 7.47. The molecule has 0 aliphatic carbocycles. The van der Waals surface area contributed by atoms with E-state index in [2.05, 4.69) is 4.90 Å². The molecule has 0 radical (unpaired) electrons. The molecule has 1 aliphatic rings. The van der Waals surface area contributed by atoms with Gasteiger partial charge in [0.2, 0.25) is 0 Å². The Bertz CT molecular complexity index is 525. The molecule has 0 unspecified atom stereocenters. The van der Waals surface area contributed by atoms with Gasteiger partial charge >= 0.3 is 6.03 Å². The topological polar surface area (TPSA) is 66.6 Å². The summed E-state index contributed by atoms with van der Waals surface area (Å²) < 4.78 is 12.9. The monoisotopic (exact) mass is 307 g/mol. The Morgan fingerprint density at radius 3 is 2.41 bits per heavy atom. The third-order valence-corrected chi connectivity index (χ3v) is 4.15. The molecule has 1 aromatic rings. The number of hydrogen-bond acceptors (Lipinski definition) is 3. The van der Waals surface area contributed by atoms with Crippen LogP contribution in [0, 0.1) is 11.7 Å². The van der Waals surface area contributed by atoms with Crippen LogP contribution in [0.25, 0.3) is 0 Å². The number of halogens is 1. The lowest BCUT2D eigenvalue weighted by Crippen LogP contribution is -2.42. The van der Waals surface area contributed by atoms with Crippen LogP contribution >= 0.6 is 0 Å². The predicted octanol–water partition coefficient (Wildman–Crippen LogP) is 1.73. The number of primary amides is 1. The summed E-state index contributed by atoms with van der Waals surface area (Å²) in [7, 11) is 1.70. The van der Waals surface area contributed by atoms with Crippen molar-refractivity contribution in [3.63, 3.8) is 0 Å². The third kappa shape index (κ3) is 4.53. The molecule has 1 saturated heterocycles. The van der Waals surface area contributed by atoms with E-state index >= 15 is 0 Å². The highest BCUT2D eigenvalue weighted by Crippen LogP contribution is 2.18. The normalized spacial score (nSPS) is 16.5. The van der Waals surface area contributed by atoms with Crippen LogP contribution in [0.4, 0.5) is 9.18 Å². The van der Waals surface area contributed by atoms with Gasteiger partial charge in [-0.2, -0.15) is 0 Å². The minimum Gasteiger partial charge on any atom is -0.351 e. The maximum Gasteiger partial charge on any atom is 0.314 e.